The minimum Gasteiger partial charge on any atom is -0.396 e. The van der Waals surface area contributed by atoms with Gasteiger partial charge in [0.15, 0.2) is 11.5 Å². The van der Waals surface area contributed by atoms with Crippen molar-refractivity contribution >= 4 is 22.9 Å². The lowest BCUT2D eigenvalue weighted by molar-refractivity contribution is 0.620. The minimum atomic E-state index is 0.519. The van der Waals surface area contributed by atoms with Crippen LogP contribution in [0.5, 0.6) is 0 Å². The summed E-state index contributed by atoms with van der Waals surface area (Å²) in [5, 5.41) is 4.84. The molecule has 0 amide bonds. The van der Waals surface area contributed by atoms with E-state index >= 15 is 0 Å². The van der Waals surface area contributed by atoms with Gasteiger partial charge in [-0.1, -0.05) is 25.4 Å². The van der Waals surface area contributed by atoms with Crippen molar-refractivity contribution in [1.29, 1.82) is 0 Å². The summed E-state index contributed by atoms with van der Waals surface area (Å²) < 4.78 is 1.67. The summed E-state index contributed by atoms with van der Waals surface area (Å²) in [7, 11) is 0. The highest BCUT2D eigenvalue weighted by molar-refractivity contribution is 6.33. The average Bonchev–Trinajstić information content (AvgIpc) is 2.46. The van der Waals surface area contributed by atoms with E-state index in [1.807, 2.05) is 0 Å². The Kier molecular flexibility index (Phi) is 2.52. The molecule has 0 atom stereocenters. The Morgan fingerprint density at radius 3 is 2.93 bits per heavy atom. The molecule has 0 saturated heterocycles. The van der Waals surface area contributed by atoms with E-state index in [9.17, 15) is 0 Å². The van der Waals surface area contributed by atoms with E-state index in [0.29, 0.717) is 16.6 Å². The fourth-order valence-corrected chi connectivity index (χ4v) is 1.56. The normalized spacial score (nSPS) is 11.5. The standard InChI is InChI=1S/C10H13ClN4/c1-6(2)3-9-13-10-4-7(11)8(12)5-15(10)14-9/h4-6H,3,12H2,1-2H3. The fraction of sp³-hybridized carbons (Fsp3) is 0.400. The van der Waals surface area contributed by atoms with Crippen LogP contribution in [-0.2, 0) is 6.42 Å². The lowest BCUT2D eigenvalue weighted by Gasteiger charge is -1.97. The molecule has 0 aliphatic heterocycles. The molecule has 5 heteroatoms. The van der Waals surface area contributed by atoms with Crippen molar-refractivity contribution < 1.29 is 0 Å². The van der Waals surface area contributed by atoms with Crippen LogP contribution in [0.2, 0.25) is 5.02 Å². The van der Waals surface area contributed by atoms with Crippen LogP contribution in [0.4, 0.5) is 5.69 Å². The molecule has 0 aliphatic carbocycles. The van der Waals surface area contributed by atoms with Crippen molar-refractivity contribution in [3.63, 3.8) is 0 Å². The topological polar surface area (TPSA) is 56.2 Å². The number of aromatic nitrogens is 3. The van der Waals surface area contributed by atoms with Gasteiger partial charge >= 0.3 is 0 Å². The second-order valence-electron chi connectivity index (χ2n) is 4.01. The van der Waals surface area contributed by atoms with Crippen molar-refractivity contribution in [3.8, 4) is 0 Å². The van der Waals surface area contributed by atoms with E-state index in [0.717, 1.165) is 17.9 Å². The number of rotatable bonds is 2. The summed E-state index contributed by atoms with van der Waals surface area (Å²) in [6.07, 6.45) is 2.55. The third-order valence-electron chi connectivity index (χ3n) is 2.09. The van der Waals surface area contributed by atoms with Crippen LogP contribution < -0.4 is 5.73 Å². The van der Waals surface area contributed by atoms with Gasteiger partial charge in [0.2, 0.25) is 0 Å². The van der Waals surface area contributed by atoms with Crippen molar-refractivity contribution in [2.45, 2.75) is 20.3 Å². The summed E-state index contributed by atoms with van der Waals surface area (Å²) in [6.45, 7) is 4.26. The molecular formula is C10H13ClN4. The molecule has 0 unspecified atom stereocenters. The van der Waals surface area contributed by atoms with Crippen molar-refractivity contribution in [3.05, 3.63) is 23.1 Å². The molecule has 0 radical (unpaired) electrons. The summed E-state index contributed by atoms with van der Waals surface area (Å²) in [6, 6.07) is 1.73. The molecule has 0 fully saturated rings. The smallest absolute Gasteiger partial charge is 0.157 e. The first-order valence-electron chi connectivity index (χ1n) is 4.86. The summed E-state index contributed by atoms with van der Waals surface area (Å²) >= 11 is 5.90. The number of hydrogen-bond donors (Lipinski definition) is 1. The van der Waals surface area contributed by atoms with Crippen molar-refractivity contribution in [1.82, 2.24) is 14.6 Å². The van der Waals surface area contributed by atoms with E-state index in [-0.39, 0.29) is 0 Å². The number of anilines is 1. The third-order valence-corrected chi connectivity index (χ3v) is 2.41. The maximum atomic E-state index is 5.90. The maximum absolute atomic E-state index is 5.90. The van der Waals surface area contributed by atoms with Crippen molar-refractivity contribution in [2.24, 2.45) is 5.92 Å². The first kappa shape index (κ1) is 10.2. The van der Waals surface area contributed by atoms with Gasteiger partial charge in [-0.05, 0) is 5.92 Å². The number of nitrogens with two attached hydrogens (primary N) is 1. The highest BCUT2D eigenvalue weighted by Crippen LogP contribution is 2.19. The van der Waals surface area contributed by atoms with Gasteiger partial charge in [-0.3, -0.25) is 0 Å². The van der Waals surface area contributed by atoms with Gasteiger partial charge < -0.3 is 5.73 Å². The number of fused-ring (bicyclic) bond motifs is 1. The predicted molar refractivity (Wildman–Crippen MR) is 61.0 cm³/mol. The van der Waals surface area contributed by atoms with E-state index in [1.54, 1.807) is 16.8 Å². The zero-order valence-corrected chi connectivity index (χ0v) is 9.49. The molecule has 0 aliphatic rings. The fourth-order valence-electron chi connectivity index (χ4n) is 1.42. The third kappa shape index (κ3) is 2.04. The molecule has 0 bridgehead atoms. The molecular weight excluding hydrogens is 212 g/mol. The largest absolute Gasteiger partial charge is 0.396 e. The van der Waals surface area contributed by atoms with Gasteiger partial charge in [0.05, 0.1) is 16.9 Å². The quantitative estimate of drug-likeness (QED) is 0.851. The molecule has 4 nitrogen and oxygen atoms in total. The van der Waals surface area contributed by atoms with Crippen LogP contribution in [0, 0.1) is 5.92 Å². The molecule has 0 aromatic carbocycles. The zero-order valence-electron chi connectivity index (χ0n) is 8.74. The number of pyridine rings is 1. The summed E-state index contributed by atoms with van der Waals surface area (Å²) in [5.41, 5.74) is 6.94. The Morgan fingerprint density at radius 1 is 1.53 bits per heavy atom. The monoisotopic (exact) mass is 224 g/mol. The van der Waals surface area contributed by atoms with Crippen LogP contribution in [-0.4, -0.2) is 14.6 Å². The van der Waals surface area contributed by atoms with Crippen LogP contribution >= 0.6 is 11.6 Å². The van der Waals surface area contributed by atoms with E-state index < -0.39 is 0 Å². The predicted octanol–water partition coefficient (Wildman–Crippen LogP) is 2.16. The summed E-state index contributed by atoms with van der Waals surface area (Å²) in [5.74, 6) is 1.36. The second kappa shape index (κ2) is 3.70. The van der Waals surface area contributed by atoms with Gasteiger partial charge in [0.1, 0.15) is 0 Å². The SMILES string of the molecule is CC(C)Cc1nc2cc(Cl)c(N)cn2n1. The van der Waals surface area contributed by atoms with E-state index in [1.165, 1.54) is 0 Å². The van der Waals surface area contributed by atoms with Gasteiger partial charge in [-0.25, -0.2) is 9.50 Å². The van der Waals surface area contributed by atoms with Crippen LogP contribution in [0.1, 0.15) is 19.7 Å². The van der Waals surface area contributed by atoms with Gasteiger partial charge in [0.25, 0.3) is 0 Å². The Balaban J connectivity index is 2.47. The number of halogens is 1. The first-order chi connectivity index (χ1) is 7.06. The number of nitrogen functional groups attached to an aromatic ring is 1. The Labute approximate surface area is 93.1 Å². The van der Waals surface area contributed by atoms with Crippen LogP contribution in [0.25, 0.3) is 5.65 Å². The number of hydrogen-bond acceptors (Lipinski definition) is 3. The highest BCUT2D eigenvalue weighted by Gasteiger charge is 2.07. The van der Waals surface area contributed by atoms with E-state index in [4.69, 9.17) is 17.3 Å². The molecule has 2 aromatic rings. The van der Waals surface area contributed by atoms with Gasteiger partial charge in [-0.15, -0.1) is 0 Å². The highest BCUT2D eigenvalue weighted by atomic mass is 35.5. The average molecular weight is 225 g/mol. The van der Waals surface area contributed by atoms with E-state index in [2.05, 4.69) is 23.9 Å². The van der Waals surface area contributed by atoms with Crippen molar-refractivity contribution in [2.75, 3.05) is 5.73 Å². The molecule has 2 aromatic heterocycles. The van der Waals surface area contributed by atoms with Gasteiger partial charge in [0, 0.05) is 12.5 Å². The molecule has 80 valence electrons. The molecule has 2 rings (SSSR count). The zero-order chi connectivity index (χ0) is 11.0. The first-order valence-corrected chi connectivity index (χ1v) is 5.24. The molecule has 2 heterocycles. The molecule has 15 heavy (non-hydrogen) atoms. The lowest BCUT2D eigenvalue weighted by atomic mass is 10.1. The molecule has 2 N–H and O–H groups in total. The molecule has 0 saturated carbocycles. The number of nitrogens with zero attached hydrogens (tertiary/aromatic N) is 3. The Bertz CT molecular complexity index is 450. The summed E-state index contributed by atoms with van der Waals surface area (Å²) in [4.78, 5) is 4.37. The maximum Gasteiger partial charge on any atom is 0.157 e. The lowest BCUT2D eigenvalue weighted by Crippen LogP contribution is -1.97. The van der Waals surface area contributed by atoms with Crippen LogP contribution in [0.3, 0.4) is 0 Å². The second-order valence-corrected chi connectivity index (χ2v) is 4.41. The van der Waals surface area contributed by atoms with Crippen LogP contribution in [0.15, 0.2) is 12.3 Å². The Morgan fingerprint density at radius 2 is 2.27 bits per heavy atom. The van der Waals surface area contributed by atoms with Gasteiger partial charge in [-0.2, -0.15) is 5.10 Å². The minimum absolute atomic E-state index is 0.519. The Hall–Kier alpha value is -1.29. The molecule has 0 spiro atoms.